The van der Waals surface area contributed by atoms with E-state index in [1.165, 1.54) is 12.1 Å². The van der Waals surface area contributed by atoms with Crippen LogP contribution in [0.4, 0.5) is 4.39 Å². The Bertz CT molecular complexity index is 631. The van der Waals surface area contributed by atoms with E-state index in [1.807, 2.05) is 11.6 Å². The first-order valence-corrected chi connectivity index (χ1v) is 8.33. The summed E-state index contributed by atoms with van der Waals surface area (Å²) in [6.07, 6.45) is 2.65. The van der Waals surface area contributed by atoms with Crippen molar-refractivity contribution in [1.29, 1.82) is 0 Å². The number of aromatic nitrogens is 3. The Morgan fingerprint density at radius 3 is 2.67 bits per heavy atom. The number of halogens is 2. The maximum atomic E-state index is 12.8. The monoisotopic (exact) mass is 464 g/mol. The summed E-state index contributed by atoms with van der Waals surface area (Å²) in [5.41, 5.74) is 0. The molecule has 0 amide bonds. The number of aliphatic imine (C=N–C) groups is 1. The summed E-state index contributed by atoms with van der Waals surface area (Å²) in [5, 5.41) is 14.3. The Labute approximate surface area is 162 Å². The zero-order valence-electron chi connectivity index (χ0n) is 13.7. The molecule has 0 aliphatic heterocycles. The maximum Gasteiger partial charge on any atom is 0.191 e. The molecule has 1 heterocycles. The number of guanidine groups is 1. The minimum atomic E-state index is -0.200. The molecule has 24 heavy (non-hydrogen) atoms. The summed E-state index contributed by atoms with van der Waals surface area (Å²) in [7, 11) is 3.64. The largest absolute Gasteiger partial charge is 0.356 e. The molecule has 0 aliphatic rings. The molecule has 2 aromatic rings. The fourth-order valence-electron chi connectivity index (χ4n) is 1.85. The molecule has 132 valence electrons. The second-order valence-electron chi connectivity index (χ2n) is 4.87. The van der Waals surface area contributed by atoms with Gasteiger partial charge in [0.2, 0.25) is 0 Å². The van der Waals surface area contributed by atoms with Crippen LogP contribution in [0.15, 0.2) is 40.5 Å². The molecule has 2 rings (SSSR count). The van der Waals surface area contributed by atoms with Crippen molar-refractivity contribution in [2.24, 2.45) is 12.0 Å². The van der Waals surface area contributed by atoms with E-state index in [2.05, 4.69) is 25.8 Å². The molecule has 0 fully saturated rings. The van der Waals surface area contributed by atoms with Gasteiger partial charge in [0.05, 0.1) is 6.54 Å². The van der Waals surface area contributed by atoms with Crippen molar-refractivity contribution in [2.45, 2.75) is 17.9 Å². The zero-order valence-corrected chi connectivity index (χ0v) is 16.8. The molecule has 0 bridgehead atoms. The lowest BCUT2D eigenvalue weighted by Gasteiger charge is -2.11. The van der Waals surface area contributed by atoms with E-state index in [0.717, 1.165) is 35.4 Å². The van der Waals surface area contributed by atoms with Gasteiger partial charge in [-0.3, -0.25) is 4.99 Å². The molecule has 0 radical (unpaired) electrons. The molecule has 1 aromatic heterocycles. The summed E-state index contributed by atoms with van der Waals surface area (Å²) in [4.78, 5) is 5.25. The van der Waals surface area contributed by atoms with Crippen LogP contribution in [-0.2, 0) is 13.6 Å². The second kappa shape index (κ2) is 11.2. The summed E-state index contributed by atoms with van der Waals surface area (Å²) in [6, 6.07) is 6.57. The van der Waals surface area contributed by atoms with Gasteiger partial charge in [0.1, 0.15) is 12.1 Å². The van der Waals surface area contributed by atoms with Crippen LogP contribution in [0.5, 0.6) is 0 Å². The van der Waals surface area contributed by atoms with Crippen LogP contribution >= 0.6 is 35.7 Å². The fraction of sp³-hybridized carbons (Fsp3) is 0.400. The van der Waals surface area contributed by atoms with Gasteiger partial charge in [-0.1, -0.05) is 0 Å². The van der Waals surface area contributed by atoms with E-state index in [9.17, 15) is 4.39 Å². The predicted molar refractivity (Wildman–Crippen MR) is 106 cm³/mol. The van der Waals surface area contributed by atoms with Crippen LogP contribution in [0, 0.1) is 5.82 Å². The Morgan fingerprint density at radius 2 is 2.04 bits per heavy atom. The number of aryl methyl sites for hydroxylation is 1. The van der Waals surface area contributed by atoms with Gasteiger partial charge >= 0.3 is 0 Å². The van der Waals surface area contributed by atoms with Crippen molar-refractivity contribution in [2.75, 3.05) is 19.3 Å². The van der Waals surface area contributed by atoms with Gasteiger partial charge in [-0.25, -0.2) is 4.39 Å². The van der Waals surface area contributed by atoms with Crippen LogP contribution in [0.2, 0.25) is 0 Å². The number of thioether (sulfide) groups is 1. The van der Waals surface area contributed by atoms with Crippen molar-refractivity contribution in [3.8, 4) is 0 Å². The first-order valence-electron chi connectivity index (χ1n) is 7.35. The first-order chi connectivity index (χ1) is 11.2. The van der Waals surface area contributed by atoms with Crippen molar-refractivity contribution < 1.29 is 4.39 Å². The van der Waals surface area contributed by atoms with Crippen LogP contribution in [0.1, 0.15) is 12.2 Å². The molecule has 0 unspecified atom stereocenters. The fourth-order valence-corrected chi connectivity index (χ4v) is 2.70. The highest BCUT2D eigenvalue weighted by Crippen LogP contribution is 2.18. The summed E-state index contributed by atoms with van der Waals surface area (Å²) < 4.78 is 14.7. The van der Waals surface area contributed by atoms with Crippen LogP contribution in [-0.4, -0.2) is 40.1 Å². The summed E-state index contributed by atoms with van der Waals surface area (Å²) in [5.74, 6) is 2.34. The molecule has 0 saturated carbocycles. The van der Waals surface area contributed by atoms with E-state index in [0.29, 0.717) is 6.54 Å². The molecule has 0 saturated heterocycles. The zero-order chi connectivity index (χ0) is 16.5. The van der Waals surface area contributed by atoms with Crippen molar-refractivity contribution in [1.82, 2.24) is 25.4 Å². The van der Waals surface area contributed by atoms with E-state index < -0.39 is 0 Å². The Morgan fingerprint density at radius 1 is 1.29 bits per heavy atom. The van der Waals surface area contributed by atoms with Crippen LogP contribution < -0.4 is 10.6 Å². The lowest BCUT2D eigenvalue weighted by Crippen LogP contribution is -2.37. The Balaban J connectivity index is 0.00000288. The highest BCUT2D eigenvalue weighted by molar-refractivity contribution is 14.0. The minimum absolute atomic E-state index is 0. The van der Waals surface area contributed by atoms with Gasteiger partial charge in [0, 0.05) is 25.5 Å². The molecule has 0 spiro atoms. The topological polar surface area (TPSA) is 67.1 Å². The number of nitrogens with one attached hydrogen (secondary N) is 2. The number of nitrogens with zero attached hydrogens (tertiary/aromatic N) is 4. The van der Waals surface area contributed by atoms with Crippen molar-refractivity contribution in [3.05, 3.63) is 42.2 Å². The third-order valence-corrected chi connectivity index (χ3v) is 4.24. The smallest absolute Gasteiger partial charge is 0.191 e. The van der Waals surface area contributed by atoms with E-state index in [4.69, 9.17) is 0 Å². The predicted octanol–water partition coefficient (Wildman–Crippen LogP) is 2.42. The summed E-state index contributed by atoms with van der Waals surface area (Å²) in [6.45, 7) is 1.38. The van der Waals surface area contributed by atoms with E-state index in [-0.39, 0.29) is 29.8 Å². The highest BCUT2D eigenvalue weighted by Gasteiger charge is 2.02. The van der Waals surface area contributed by atoms with Gasteiger partial charge in [-0.15, -0.1) is 45.9 Å². The number of hydrogen-bond donors (Lipinski definition) is 2. The van der Waals surface area contributed by atoms with Crippen LogP contribution in [0.3, 0.4) is 0 Å². The van der Waals surface area contributed by atoms with Crippen molar-refractivity contribution in [3.63, 3.8) is 0 Å². The molecule has 1 aromatic carbocycles. The number of rotatable bonds is 7. The maximum absolute atomic E-state index is 12.8. The van der Waals surface area contributed by atoms with Gasteiger partial charge < -0.3 is 15.2 Å². The lowest BCUT2D eigenvalue weighted by atomic mass is 10.4. The molecule has 0 aliphatic carbocycles. The number of hydrogen-bond acceptors (Lipinski definition) is 4. The standard InChI is InChI=1S/C15H21FN6S.HI/c1-17-15(19-10-14-21-20-11-22(14)2)18-8-3-9-23-13-6-4-12(16)5-7-13;/h4-7,11H,3,8-10H2,1-2H3,(H2,17,18,19);1H. The minimum Gasteiger partial charge on any atom is -0.356 e. The van der Waals surface area contributed by atoms with Gasteiger partial charge in [0.15, 0.2) is 11.8 Å². The quantitative estimate of drug-likeness (QED) is 0.217. The molecule has 0 atom stereocenters. The Kier molecular flexibility index (Phi) is 9.69. The lowest BCUT2D eigenvalue weighted by molar-refractivity contribution is 0.626. The first kappa shape index (κ1) is 20.7. The van der Waals surface area contributed by atoms with E-state index >= 15 is 0 Å². The normalized spacial score (nSPS) is 11.0. The third kappa shape index (κ3) is 7.04. The van der Waals surface area contributed by atoms with Gasteiger partial charge in [0.25, 0.3) is 0 Å². The average molecular weight is 464 g/mol. The SMILES string of the molecule is CN=C(NCCCSc1ccc(F)cc1)NCc1nncn1C.I. The molecule has 2 N–H and O–H groups in total. The van der Waals surface area contributed by atoms with Crippen molar-refractivity contribution >= 4 is 41.7 Å². The van der Waals surface area contributed by atoms with Gasteiger partial charge in [-0.2, -0.15) is 0 Å². The van der Waals surface area contributed by atoms with Gasteiger partial charge in [-0.05, 0) is 36.4 Å². The Hall–Kier alpha value is -1.36. The average Bonchev–Trinajstić information content (AvgIpc) is 2.97. The summed E-state index contributed by atoms with van der Waals surface area (Å²) >= 11 is 1.71. The molecule has 9 heteroatoms. The highest BCUT2D eigenvalue weighted by atomic mass is 127. The molecule has 6 nitrogen and oxygen atoms in total. The van der Waals surface area contributed by atoms with E-state index in [1.54, 1.807) is 37.3 Å². The number of benzene rings is 1. The van der Waals surface area contributed by atoms with Crippen LogP contribution in [0.25, 0.3) is 0 Å². The second-order valence-corrected chi connectivity index (χ2v) is 6.03. The molecular formula is C15H22FIN6S. The third-order valence-electron chi connectivity index (χ3n) is 3.14. The molecular weight excluding hydrogens is 442 g/mol.